The number of piperidine rings is 1. The van der Waals surface area contributed by atoms with Gasteiger partial charge in [0.25, 0.3) is 0 Å². The molecule has 2 heterocycles. The van der Waals surface area contributed by atoms with Gasteiger partial charge in [0, 0.05) is 11.5 Å². The van der Waals surface area contributed by atoms with Crippen molar-refractivity contribution in [2.75, 3.05) is 6.54 Å². The Labute approximate surface area is 93.2 Å². The van der Waals surface area contributed by atoms with Crippen molar-refractivity contribution in [3.63, 3.8) is 0 Å². The monoisotopic (exact) mass is 257 g/mol. The van der Waals surface area contributed by atoms with Crippen LogP contribution in [0.4, 0.5) is 0 Å². The Balaban J connectivity index is 2.12. The first-order valence-corrected chi connectivity index (χ1v) is 5.86. The van der Waals surface area contributed by atoms with Gasteiger partial charge in [-0.2, -0.15) is 0 Å². The first kappa shape index (κ1) is 10.2. The molecule has 1 aliphatic heterocycles. The molecular formula is C11H16BrNO. The van der Waals surface area contributed by atoms with Gasteiger partial charge in [-0.05, 0) is 61.3 Å². The lowest BCUT2D eigenvalue weighted by Crippen LogP contribution is -2.45. The van der Waals surface area contributed by atoms with Crippen LogP contribution in [0.25, 0.3) is 0 Å². The SMILES string of the molecule is CC1(C)CC(c2ccc(Br)o2)CCN1. The highest BCUT2D eigenvalue weighted by Gasteiger charge is 2.29. The zero-order chi connectivity index (χ0) is 10.2. The summed E-state index contributed by atoms with van der Waals surface area (Å²) >= 11 is 3.34. The largest absolute Gasteiger partial charge is 0.454 e. The lowest BCUT2D eigenvalue weighted by Gasteiger charge is -2.35. The second-order valence-corrected chi connectivity index (χ2v) is 5.42. The van der Waals surface area contributed by atoms with Crippen LogP contribution in [0.3, 0.4) is 0 Å². The summed E-state index contributed by atoms with van der Waals surface area (Å²) < 4.78 is 6.44. The maximum absolute atomic E-state index is 5.61. The van der Waals surface area contributed by atoms with E-state index in [2.05, 4.69) is 41.2 Å². The molecule has 0 amide bonds. The Bertz CT molecular complexity index is 319. The first-order valence-electron chi connectivity index (χ1n) is 5.07. The van der Waals surface area contributed by atoms with Crippen LogP contribution in [0.15, 0.2) is 21.2 Å². The van der Waals surface area contributed by atoms with Crippen LogP contribution in [0, 0.1) is 0 Å². The Morgan fingerprint density at radius 1 is 1.50 bits per heavy atom. The molecule has 1 fully saturated rings. The third-order valence-corrected chi connectivity index (χ3v) is 3.28. The van der Waals surface area contributed by atoms with Crippen LogP contribution >= 0.6 is 15.9 Å². The normalized spacial score (nSPS) is 26.4. The van der Waals surface area contributed by atoms with E-state index in [1.807, 2.05) is 6.07 Å². The zero-order valence-electron chi connectivity index (χ0n) is 8.64. The van der Waals surface area contributed by atoms with Gasteiger partial charge in [0.2, 0.25) is 0 Å². The molecule has 3 heteroatoms. The van der Waals surface area contributed by atoms with E-state index in [1.54, 1.807) is 0 Å². The fourth-order valence-corrected chi connectivity index (χ4v) is 2.48. The molecular weight excluding hydrogens is 242 g/mol. The predicted octanol–water partition coefficient (Wildman–Crippen LogP) is 3.29. The Morgan fingerprint density at radius 2 is 2.29 bits per heavy atom. The van der Waals surface area contributed by atoms with Gasteiger partial charge >= 0.3 is 0 Å². The van der Waals surface area contributed by atoms with Crippen LogP contribution in [-0.2, 0) is 0 Å². The minimum Gasteiger partial charge on any atom is -0.454 e. The fourth-order valence-electron chi connectivity index (χ4n) is 2.17. The standard InChI is InChI=1S/C11H16BrNO/c1-11(2)7-8(5-6-13-11)9-3-4-10(12)14-9/h3-4,8,13H,5-7H2,1-2H3. The van der Waals surface area contributed by atoms with Gasteiger partial charge in [-0.15, -0.1) is 0 Å². The first-order chi connectivity index (χ1) is 6.57. The van der Waals surface area contributed by atoms with Crippen molar-refractivity contribution in [1.82, 2.24) is 5.32 Å². The Kier molecular flexibility index (Phi) is 2.71. The van der Waals surface area contributed by atoms with Crippen molar-refractivity contribution < 1.29 is 4.42 Å². The number of nitrogens with one attached hydrogen (secondary N) is 1. The molecule has 1 aromatic rings. The topological polar surface area (TPSA) is 25.2 Å². The van der Waals surface area contributed by atoms with Crippen LogP contribution in [0.1, 0.15) is 38.4 Å². The number of halogens is 1. The highest BCUT2D eigenvalue weighted by Crippen LogP contribution is 2.34. The van der Waals surface area contributed by atoms with Crippen LogP contribution in [0.2, 0.25) is 0 Å². The molecule has 0 saturated carbocycles. The molecule has 14 heavy (non-hydrogen) atoms. The third kappa shape index (κ3) is 2.20. The van der Waals surface area contributed by atoms with Crippen molar-refractivity contribution in [3.8, 4) is 0 Å². The minimum absolute atomic E-state index is 0.238. The van der Waals surface area contributed by atoms with Crippen LogP contribution in [-0.4, -0.2) is 12.1 Å². The van der Waals surface area contributed by atoms with E-state index < -0.39 is 0 Å². The lowest BCUT2D eigenvalue weighted by atomic mass is 9.83. The molecule has 1 aromatic heterocycles. The van der Waals surface area contributed by atoms with E-state index in [0.29, 0.717) is 5.92 Å². The predicted molar refractivity (Wildman–Crippen MR) is 60.5 cm³/mol. The van der Waals surface area contributed by atoms with Crippen LogP contribution in [0.5, 0.6) is 0 Å². The number of furan rings is 1. The number of hydrogen-bond donors (Lipinski definition) is 1. The molecule has 0 aliphatic carbocycles. The van der Waals surface area contributed by atoms with Gasteiger partial charge in [-0.25, -0.2) is 0 Å². The number of rotatable bonds is 1. The molecule has 1 atom stereocenters. The van der Waals surface area contributed by atoms with Gasteiger partial charge < -0.3 is 9.73 Å². The van der Waals surface area contributed by atoms with Gasteiger partial charge in [-0.1, -0.05) is 0 Å². The smallest absolute Gasteiger partial charge is 0.169 e. The second kappa shape index (κ2) is 3.70. The molecule has 78 valence electrons. The average molecular weight is 258 g/mol. The van der Waals surface area contributed by atoms with Gasteiger partial charge in [0.1, 0.15) is 5.76 Å². The summed E-state index contributed by atoms with van der Waals surface area (Å²) in [4.78, 5) is 0. The van der Waals surface area contributed by atoms with Gasteiger partial charge in [0.05, 0.1) is 0 Å². The van der Waals surface area contributed by atoms with E-state index in [9.17, 15) is 0 Å². The quantitative estimate of drug-likeness (QED) is 0.836. The summed E-state index contributed by atoms with van der Waals surface area (Å²) in [6.07, 6.45) is 2.32. The summed E-state index contributed by atoms with van der Waals surface area (Å²) in [5.41, 5.74) is 0.238. The maximum Gasteiger partial charge on any atom is 0.169 e. The highest BCUT2D eigenvalue weighted by molar-refractivity contribution is 9.10. The molecule has 2 nitrogen and oxygen atoms in total. The van der Waals surface area contributed by atoms with E-state index >= 15 is 0 Å². The molecule has 1 N–H and O–H groups in total. The van der Waals surface area contributed by atoms with E-state index in [0.717, 1.165) is 23.4 Å². The van der Waals surface area contributed by atoms with Crippen molar-refractivity contribution in [2.24, 2.45) is 0 Å². The Morgan fingerprint density at radius 3 is 2.86 bits per heavy atom. The van der Waals surface area contributed by atoms with Gasteiger partial charge in [-0.3, -0.25) is 0 Å². The molecule has 1 aliphatic rings. The summed E-state index contributed by atoms with van der Waals surface area (Å²) in [5.74, 6) is 1.68. The molecule has 0 aromatic carbocycles. The van der Waals surface area contributed by atoms with Crippen molar-refractivity contribution in [3.05, 3.63) is 22.6 Å². The van der Waals surface area contributed by atoms with E-state index in [-0.39, 0.29) is 5.54 Å². The molecule has 1 saturated heterocycles. The summed E-state index contributed by atoms with van der Waals surface area (Å²) in [5, 5.41) is 3.51. The summed E-state index contributed by atoms with van der Waals surface area (Å²) in [7, 11) is 0. The Hall–Kier alpha value is -0.280. The molecule has 0 spiro atoms. The third-order valence-electron chi connectivity index (χ3n) is 2.85. The maximum atomic E-state index is 5.61. The molecule has 0 bridgehead atoms. The highest BCUT2D eigenvalue weighted by atomic mass is 79.9. The van der Waals surface area contributed by atoms with Crippen molar-refractivity contribution >= 4 is 15.9 Å². The zero-order valence-corrected chi connectivity index (χ0v) is 10.2. The number of hydrogen-bond acceptors (Lipinski definition) is 2. The fraction of sp³-hybridized carbons (Fsp3) is 0.636. The van der Waals surface area contributed by atoms with Crippen molar-refractivity contribution in [2.45, 2.75) is 38.1 Å². The second-order valence-electron chi connectivity index (χ2n) is 4.64. The minimum atomic E-state index is 0.238. The molecule has 2 rings (SSSR count). The van der Waals surface area contributed by atoms with Gasteiger partial charge in [0.15, 0.2) is 4.67 Å². The summed E-state index contributed by atoms with van der Waals surface area (Å²) in [6.45, 7) is 5.57. The molecule has 1 unspecified atom stereocenters. The van der Waals surface area contributed by atoms with E-state index in [1.165, 1.54) is 6.42 Å². The lowest BCUT2D eigenvalue weighted by molar-refractivity contribution is 0.254. The van der Waals surface area contributed by atoms with Crippen LogP contribution < -0.4 is 5.32 Å². The summed E-state index contributed by atoms with van der Waals surface area (Å²) in [6, 6.07) is 4.06. The van der Waals surface area contributed by atoms with Crippen molar-refractivity contribution in [1.29, 1.82) is 0 Å². The molecule has 0 radical (unpaired) electrons. The average Bonchev–Trinajstić information content (AvgIpc) is 2.50. The van der Waals surface area contributed by atoms with E-state index in [4.69, 9.17) is 4.42 Å².